The van der Waals surface area contributed by atoms with Crippen LogP contribution in [0.2, 0.25) is 5.02 Å². The highest BCUT2D eigenvalue weighted by atomic mass is 35.5. The van der Waals surface area contributed by atoms with Crippen LogP contribution in [0.3, 0.4) is 0 Å². The maximum Gasteiger partial charge on any atom is 0.271 e. The molecule has 1 aromatic carbocycles. The Bertz CT molecular complexity index is 810. The van der Waals surface area contributed by atoms with Crippen LogP contribution in [0.1, 0.15) is 0 Å². The first-order valence-corrected chi connectivity index (χ1v) is 7.34. The molecule has 0 amide bonds. The molecular formula is C11H9ClN4O4S. The number of nitro groups is 1. The number of nitrogens with one attached hydrogen (secondary N) is 1. The number of sulfonamides is 1. The summed E-state index contributed by atoms with van der Waals surface area (Å²) >= 11 is 5.84. The van der Waals surface area contributed by atoms with Crippen LogP contribution in [0.5, 0.6) is 0 Å². The quantitative estimate of drug-likeness (QED) is 0.652. The van der Waals surface area contributed by atoms with Gasteiger partial charge in [-0.2, -0.15) is 0 Å². The van der Waals surface area contributed by atoms with Crippen molar-refractivity contribution in [2.24, 2.45) is 0 Å². The zero-order valence-electron chi connectivity index (χ0n) is 10.4. The molecule has 0 spiro atoms. The number of aromatic nitrogens is 1. The van der Waals surface area contributed by atoms with Gasteiger partial charge in [0.1, 0.15) is 5.82 Å². The smallest absolute Gasteiger partial charge is 0.271 e. The highest BCUT2D eigenvalue weighted by molar-refractivity contribution is 7.92. The zero-order chi connectivity index (χ0) is 15.6. The van der Waals surface area contributed by atoms with Gasteiger partial charge in [0.2, 0.25) is 0 Å². The van der Waals surface area contributed by atoms with Gasteiger partial charge in [-0.05, 0) is 12.1 Å². The van der Waals surface area contributed by atoms with Crippen LogP contribution in [0.25, 0.3) is 0 Å². The Labute approximate surface area is 124 Å². The maximum atomic E-state index is 12.2. The first kappa shape index (κ1) is 15.0. The van der Waals surface area contributed by atoms with Crippen LogP contribution in [-0.2, 0) is 10.0 Å². The van der Waals surface area contributed by atoms with Crippen LogP contribution >= 0.6 is 11.6 Å². The van der Waals surface area contributed by atoms with Crippen molar-refractivity contribution >= 4 is 38.8 Å². The minimum Gasteiger partial charge on any atom is -0.384 e. The second kappa shape index (κ2) is 5.54. The molecule has 1 heterocycles. The molecule has 0 fully saturated rings. The Morgan fingerprint density at radius 1 is 1.29 bits per heavy atom. The normalized spacial score (nSPS) is 11.1. The molecule has 1 aromatic heterocycles. The van der Waals surface area contributed by atoms with Crippen LogP contribution in [0, 0.1) is 10.1 Å². The fraction of sp³-hybridized carbons (Fsp3) is 0. The third kappa shape index (κ3) is 3.38. The molecular weight excluding hydrogens is 320 g/mol. The molecule has 0 saturated heterocycles. The SMILES string of the molecule is Nc1cc(S(=O)(=O)Nc2cc([N+](=O)[O-])ccc2Cl)ccn1. The highest BCUT2D eigenvalue weighted by Crippen LogP contribution is 2.28. The van der Waals surface area contributed by atoms with E-state index >= 15 is 0 Å². The van der Waals surface area contributed by atoms with Gasteiger partial charge in [0.15, 0.2) is 0 Å². The van der Waals surface area contributed by atoms with Gasteiger partial charge < -0.3 is 5.73 Å². The molecule has 8 nitrogen and oxygen atoms in total. The number of nitrogen functional groups attached to an aromatic ring is 1. The summed E-state index contributed by atoms with van der Waals surface area (Å²) in [4.78, 5) is 13.6. The van der Waals surface area contributed by atoms with E-state index in [1.54, 1.807) is 0 Å². The second-order valence-electron chi connectivity index (χ2n) is 3.94. The number of benzene rings is 1. The molecule has 0 bridgehead atoms. The van der Waals surface area contributed by atoms with Gasteiger partial charge in [-0.1, -0.05) is 11.6 Å². The number of halogens is 1. The van der Waals surface area contributed by atoms with Crippen molar-refractivity contribution in [2.45, 2.75) is 4.90 Å². The van der Waals surface area contributed by atoms with Gasteiger partial charge in [0, 0.05) is 24.4 Å². The molecule has 2 rings (SSSR count). The molecule has 2 aromatic rings. The van der Waals surface area contributed by atoms with E-state index in [0.717, 1.165) is 12.1 Å². The van der Waals surface area contributed by atoms with Gasteiger partial charge in [-0.15, -0.1) is 0 Å². The van der Waals surface area contributed by atoms with Crippen LogP contribution in [-0.4, -0.2) is 18.3 Å². The van der Waals surface area contributed by atoms with E-state index in [9.17, 15) is 18.5 Å². The molecule has 0 unspecified atom stereocenters. The van der Waals surface area contributed by atoms with E-state index in [1.165, 1.54) is 24.4 Å². The summed E-state index contributed by atoms with van der Waals surface area (Å²) in [5.74, 6) is 0.0306. The topological polar surface area (TPSA) is 128 Å². The zero-order valence-corrected chi connectivity index (χ0v) is 11.9. The molecule has 0 aliphatic heterocycles. The molecule has 0 saturated carbocycles. The van der Waals surface area contributed by atoms with Crippen LogP contribution < -0.4 is 10.5 Å². The summed E-state index contributed by atoms with van der Waals surface area (Å²) in [6.07, 6.45) is 1.24. The van der Waals surface area contributed by atoms with Crippen molar-refractivity contribution in [3.63, 3.8) is 0 Å². The monoisotopic (exact) mass is 328 g/mol. The molecule has 110 valence electrons. The predicted octanol–water partition coefficient (Wildman–Crippen LogP) is 2.03. The minimum atomic E-state index is -3.98. The molecule has 0 aliphatic rings. The Balaban J connectivity index is 2.41. The summed E-state index contributed by atoms with van der Waals surface area (Å²) in [6, 6.07) is 5.84. The molecule has 10 heteroatoms. The number of anilines is 2. The average molecular weight is 329 g/mol. The standard InChI is InChI=1S/C11H9ClN4O4S/c12-9-2-1-7(16(17)18)5-10(9)15-21(19,20)8-3-4-14-11(13)6-8/h1-6,15H,(H2,13,14). The van der Waals surface area contributed by atoms with E-state index in [1.807, 2.05) is 0 Å². The average Bonchev–Trinajstić information content (AvgIpc) is 2.41. The molecule has 0 aliphatic carbocycles. The van der Waals surface area contributed by atoms with Crippen molar-refractivity contribution in [3.05, 3.63) is 51.7 Å². The molecule has 0 radical (unpaired) electrons. The van der Waals surface area contributed by atoms with E-state index in [0.29, 0.717) is 0 Å². The predicted molar refractivity (Wildman–Crippen MR) is 77.6 cm³/mol. The van der Waals surface area contributed by atoms with E-state index in [2.05, 4.69) is 9.71 Å². The summed E-state index contributed by atoms with van der Waals surface area (Å²) in [7, 11) is -3.98. The van der Waals surface area contributed by atoms with Crippen molar-refractivity contribution in [2.75, 3.05) is 10.5 Å². The number of nitrogens with two attached hydrogens (primary N) is 1. The number of hydrogen-bond donors (Lipinski definition) is 2. The maximum absolute atomic E-state index is 12.2. The fourth-order valence-electron chi connectivity index (χ4n) is 1.50. The van der Waals surface area contributed by atoms with Gasteiger partial charge in [-0.25, -0.2) is 13.4 Å². The summed E-state index contributed by atoms with van der Waals surface area (Å²) < 4.78 is 26.5. The molecule has 0 atom stereocenters. The van der Waals surface area contributed by atoms with Crippen LogP contribution in [0.4, 0.5) is 17.2 Å². The number of nitrogens with zero attached hydrogens (tertiary/aromatic N) is 2. The second-order valence-corrected chi connectivity index (χ2v) is 6.03. The Morgan fingerprint density at radius 3 is 2.62 bits per heavy atom. The number of non-ortho nitro benzene ring substituents is 1. The fourth-order valence-corrected chi connectivity index (χ4v) is 2.82. The van der Waals surface area contributed by atoms with Gasteiger partial charge in [-0.3, -0.25) is 14.8 Å². The van der Waals surface area contributed by atoms with E-state index < -0.39 is 14.9 Å². The van der Waals surface area contributed by atoms with Crippen molar-refractivity contribution < 1.29 is 13.3 Å². The molecule has 21 heavy (non-hydrogen) atoms. The number of rotatable bonds is 4. The third-order valence-corrected chi connectivity index (χ3v) is 4.16. The van der Waals surface area contributed by atoms with Crippen molar-refractivity contribution in [1.82, 2.24) is 4.98 Å². The Morgan fingerprint density at radius 2 is 2.00 bits per heavy atom. The van der Waals surface area contributed by atoms with E-state index in [-0.39, 0.29) is 27.1 Å². The lowest BCUT2D eigenvalue weighted by Crippen LogP contribution is -2.14. The van der Waals surface area contributed by atoms with Crippen molar-refractivity contribution in [1.29, 1.82) is 0 Å². The van der Waals surface area contributed by atoms with Crippen LogP contribution in [0.15, 0.2) is 41.4 Å². The first-order valence-electron chi connectivity index (χ1n) is 5.48. The summed E-state index contributed by atoms with van der Waals surface area (Å²) in [6.45, 7) is 0. The van der Waals surface area contributed by atoms with Crippen molar-refractivity contribution in [3.8, 4) is 0 Å². The largest absolute Gasteiger partial charge is 0.384 e. The number of pyridine rings is 1. The Kier molecular flexibility index (Phi) is 3.96. The van der Waals surface area contributed by atoms with Gasteiger partial charge in [0.25, 0.3) is 15.7 Å². The lowest BCUT2D eigenvalue weighted by Gasteiger charge is -2.09. The van der Waals surface area contributed by atoms with Gasteiger partial charge in [0.05, 0.1) is 20.5 Å². The summed E-state index contributed by atoms with van der Waals surface area (Å²) in [5.41, 5.74) is 5.04. The third-order valence-electron chi connectivity index (χ3n) is 2.47. The lowest BCUT2D eigenvalue weighted by atomic mass is 10.3. The summed E-state index contributed by atoms with van der Waals surface area (Å²) in [5, 5.41) is 10.7. The number of hydrogen-bond acceptors (Lipinski definition) is 6. The Hall–Kier alpha value is -2.39. The minimum absolute atomic E-state index is 0.0306. The molecule has 3 N–H and O–H groups in total. The number of nitro benzene ring substituents is 1. The van der Waals surface area contributed by atoms with Gasteiger partial charge >= 0.3 is 0 Å². The highest BCUT2D eigenvalue weighted by Gasteiger charge is 2.18. The lowest BCUT2D eigenvalue weighted by molar-refractivity contribution is -0.384. The van der Waals surface area contributed by atoms with E-state index in [4.69, 9.17) is 17.3 Å². The first-order chi connectivity index (χ1) is 9.79.